The van der Waals surface area contributed by atoms with E-state index in [2.05, 4.69) is 0 Å². The smallest absolute Gasteiger partial charge is 0.146 e. The third kappa shape index (κ3) is 2.17. The minimum absolute atomic E-state index is 0.218. The number of hydrogen-bond acceptors (Lipinski definition) is 3. The summed E-state index contributed by atoms with van der Waals surface area (Å²) < 4.78 is 27.2. The zero-order chi connectivity index (χ0) is 14.2. The highest BCUT2D eigenvalue weighted by Gasteiger charge is 2.42. The van der Waals surface area contributed by atoms with Crippen LogP contribution in [0, 0.1) is 23.0 Å². The zero-order valence-corrected chi connectivity index (χ0v) is 11.0. The standard InChI is InChI=1S/C14H16F2N2O/c1-3-14(19)4-5-18(9(14)2)10-6-12(15)11(8-17)13(16)7-10/h6-7,9,19H,3-5H2,1-2H3/t9-,14?/m0/s1. The number of anilines is 1. The quantitative estimate of drug-likeness (QED) is 0.895. The highest BCUT2D eigenvalue weighted by atomic mass is 19.1. The Morgan fingerprint density at radius 1 is 1.47 bits per heavy atom. The summed E-state index contributed by atoms with van der Waals surface area (Å²) in [4.78, 5) is 1.77. The van der Waals surface area contributed by atoms with Crippen LogP contribution >= 0.6 is 0 Å². The van der Waals surface area contributed by atoms with E-state index >= 15 is 0 Å². The van der Waals surface area contributed by atoms with E-state index in [-0.39, 0.29) is 6.04 Å². The second-order valence-corrected chi connectivity index (χ2v) is 4.97. The Morgan fingerprint density at radius 3 is 2.47 bits per heavy atom. The van der Waals surface area contributed by atoms with Crippen LogP contribution in [0.3, 0.4) is 0 Å². The van der Waals surface area contributed by atoms with E-state index in [9.17, 15) is 13.9 Å². The molecule has 0 bridgehead atoms. The molecule has 0 aliphatic carbocycles. The summed E-state index contributed by atoms with van der Waals surface area (Å²) in [7, 11) is 0. The number of halogens is 2. The topological polar surface area (TPSA) is 47.3 Å². The maximum Gasteiger partial charge on any atom is 0.146 e. The largest absolute Gasteiger partial charge is 0.388 e. The summed E-state index contributed by atoms with van der Waals surface area (Å²) in [5, 5.41) is 19.0. The first-order valence-electron chi connectivity index (χ1n) is 6.31. The first-order chi connectivity index (χ1) is 8.92. The van der Waals surface area contributed by atoms with Crippen LogP contribution in [0.2, 0.25) is 0 Å². The summed E-state index contributed by atoms with van der Waals surface area (Å²) in [6, 6.07) is 3.59. The van der Waals surface area contributed by atoms with Gasteiger partial charge < -0.3 is 10.0 Å². The molecule has 1 aliphatic rings. The van der Waals surface area contributed by atoms with Crippen molar-refractivity contribution in [3.05, 3.63) is 29.3 Å². The van der Waals surface area contributed by atoms with Gasteiger partial charge in [-0.05, 0) is 31.9 Å². The molecular formula is C14H16F2N2O. The Morgan fingerprint density at radius 2 is 2.05 bits per heavy atom. The average molecular weight is 266 g/mol. The minimum atomic E-state index is -0.864. The summed E-state index contributed by atoms with van der Waals surface area (Å²) in [6.07, 6.45) is 1.15. The van der Waals surface area contributed by atoms with Crippen molar-refractivity contribution in [2.75, 3.05) is 11.4 Å². The molecule has 19 heavy (non-hydrogen) atoms. The molecule has 1 aliphatic heterocycles. The van der Waals surface area contributed by atoms with E-state index in [1.165, 1.54) is 6.07 Å². The van der Waals surface area contributed by atoms with Crippen LogP contribution in [-0.4, -0.2) is 23.3 Å². The predicted molar refractivity (Wildman–Crippen MR) is 67.7 cm³/mol. The molecular weight excluding hydrogens is 250 g/mol. The molecule has 1 unspecified atom stereocenters. The van der Waals surface area contributed by atoms with Crippen LogP contribution in [0.5, 0.6) is 0 Å². The van der Waals surface area contributed by atoms with Gasteiger partial charge in [0.15, 0.2) is 0 Å². The number of aliphatic hydroxyl groups is 1. The van der Waals surface area contributed by atoms with E-state index in [4.69, 9.17) is 5.26 Å². The van der Waals surface area contributed by atoms with Gasteiger partial charge in [-0.25, -0.2) is 8.78 Å². The lowest BCUT2D eigenvalue weighted by atomic mass is 9.93. The Balaban J connectivity index is 2.38. The van der Waals surface area contributed by atoms with Gasteiger partial charge in [0.1, 0.15) is 23.3 Å². The number of nitriles is 1. The molecule has 102 valence electrons. The molecule has 1 fully saturated rings. The van der Waals surface area contributed by atoms with E-state index in [1.807, 2.05) is 13.8 Å². The van der Waals surface area contributed by atoms with Crippen molar-refractivity contribution >= 4 is 5.69 Å². The lowest BCUT2D eigenvalue weighted by molar-refractivity contribution is 0.0329. The van der Waals surface area contributed by atoms with Crippen LogP contribution in [-0.2, 0) is 0 Å². The molecule has 2 rings (SSSR count). The van der Waals surface area contributed by atoms with Crippen molar-refractivity contribution in [3.8, 4) is 6.07 Å². The SMILES string of the molecule is CCC1(O)CCN(c2cc(F)c(C#N)c(F)c2)[C@H]1C. The minimum Gasteiger partial charge on any atom is -0.388 e. The van der Waals surface area contributed by atoms with Crippen LogP contribution < -0.4 is 4.90 Å². The highest BCUT2D eigenvalue weighted by molar-refractivity contribution is 5.53. The maximum absolute atomic E-state index is 13.6. The average Bonchev–Trinajstić information content (AvgIpc) is 2.66. The van der Waals surface area contributed by atoms with Crippen molar-refractivity contribution in [1.82, 2.24) is 0 Å². The molecule has 1 N–H and O–H groups in total. The van der Waals surface area contributed by atoms with E-state index in [1.54, 1.807) is 4.90 Å². The fourth-order valence-electron chi connectivity index (χ4n) is 2.66. The van der Waals surface area contributed by atoms with E-state index in [0.717, 1.165) is 12.1 Å². The van der Waals surface area contributed by atoms with Crippen molar-refractivity contribution in [3.63, 3.8) is 0 Å². The van der Waals surface area contributed by atoms with Crippen molar-refractivity contribution in [2.45, 2.75) is 38.3 Å². The van der Waals surface area contributed by atoms with Gasteiger partial charge in [0.05, 0.1) is 11.6 Å². The predicted octanol–water partition coefficient (Wildman–Crippen LogP) is 2.58. The van der Waals surface area contributed by atoms with Gasteiger partial charge in [-0.1, -0.05) is 6.92 Å². The first-order valence-corrected chi connectivity index (χ1v) is 6.31. The molecule has 3 nitrogen and oxygen atoms in total. The lowest BCUT2D eigenvalue weighted by Gasteiger charge is -2.31. The second kappa shape index (κ2) is 4.78. The van der Waals surface area contributed by atoms with Crippen molar-refractivity contribution in [1.29, 1.82) is 5.26 Å². The second-order valence-electron chi connectivity index (χ2n) is 4.97. The van der Waals surface area contributed by atoms with Gasteiger partial charge in [0.25, 0.3) is 0 Å². The molecule has 1 heterocycles. The molecule has 1 aromatic rings. The normalized spacial score (nSPS) is 26.5. The molecule has 0 spiro atoms. The van der Waals surface area contributed by atoms with Gasteiger partial charge >= 0.3 is 0 Å². The van der Waals surface area contributed by atoms with Gasteiger partial charge in [-0.3, -0.25) is 0 Å². The Hall–Kier alpha value is -1.67. The molecule has 2 atom stereocenters. The molecule has 0 saturated carbocycles. The van der Waals surface area contributed by atoms with Crippen molar-refractivity contribution in [2.24, 2.45) is 0 Å². The molecule has 1 saturated heterocycles. The molecule has 0 radical (unpaired) electrons. The van der Waals surface area contributed by atoms with E-state index in [0.29, 0.717) is 25.1 Å². The zero-order valence-electron chi connectivity index (χ0n) is 11.0. The molecule has 5 heteroatoms. The van der Waals surface area contributed by atoms with Crippen LogP contribution in [0.25, 0.3) is 0 Å². The number of benzene rings is 1. The third-order valence-electron chi connectivity index (χ3n) is 4.11. The summed E-state index contributed by atoms with van der Waals surface area (Å²) in [5.74, 6) is -1.73. The summed E-state index contributed by atoms with van der Waals surface area (Å²) >= 11 is 0. The van der Waals surface area contributed by atoms with E-state index < -0.39 is 22.8 Å². The van der Waals surface area contributed by atoms with Crippen LogP contribution in [0.15, 0.2) is 12.1 Å². The van der Waals surface area contributed by atoms with Crippen molar-refractivity contribution < 1.29 is 13.9 Å². The highest BCUT2D eigenvalue weighted by Crippen LogP contribution is 2.35. The third-order valence-corrected chi connectivity index (χ3v) is 4.11. The molecule has 0 amide bonds. The summed E-state index contributed by atoms with van der Waals surface area (Å²) in [6.45, 7) is 4.26. The Kier molecular flexibility index (Phi) is 3.46. The summed E-state index contributed by atoms with van der Waals surface area (Å²) in [5.41, 5.74) is -1.03. The lowest BCUT2D eigenvalue weighted by Crippen LogP contribution is -2.42. The van der Waals surface area contributed by atoms with Crippen LogP contribution in [0.1, 0.15) is 32.3 Å². The Labute approximate surface area is 111 Å². The monoisotopic (exact) mass is 266 g/mol. The molecule has 1 aromatic carbocycles. The fraction of sp³-hybridized carbons (Fsp3) is 0.500. The Bertz CT molecular complexity index is 518. The first kappa shape index (κ1) is 13.8. The fourth-order valence-corrected chi connectivity index (χ4v) is 2.66. The number of hydrogen-bond donors (Lipinski definition) is 1. The van der Waals surface area contributed by atoms with Crippen LogP contribution in [0.4, 0.5) is 14.5 Å². The van der Waals surface area contributed by atoms with Gasteiger partial charge in [0, 0.05) is 12.2 Å². The maximum atomic E-state index is 13.6. The molecule has 0 aromatic heterocycles. The number of nitrogens with zero attached hydrogens (tertiary/aromatic N) is 2. The van der Waals surface area contributed by atoms with Gasteiger partial charge in [0.2, 0.25) is 0 Å². The van der Waals surface area contributed by atoms with Gasteiger partial charge in [-0.15, -0.1) is 0 Å². The van der Waals surface area contributed by atoms with Gasteiger partial charge in [-0.2, -0.15) is 5.26 Å². The number of rotatable bonds is 2.